The van der Waals surface area contributed by atoms with Gasteiger partial charge in [0.2, 0.25) is 0 Å². The summed E-state index contributed by atoms with van der Waals surface area (Å²) in [6.45, 7) is 4.90. The highest BCUT2D eigenvalue weighted by atomic mass is 15.2. The minimum atomic E-state index is 0.832. The largest absolute Gasteiger partial charge is 0.378 e. The van der Waals surface area contributed by atoms with Crippen LogP contribution in [-0.4, -0.2) is 39.7 Å². The predicted molar refractivity (Wildman–Crippen MR) is 91.2 cm³/mol. The number of aliphatic imine (C=N–C) groups is 1. The van der Waals surface area contributed by atoms with Gasteiger partial charge in [0.15, 0.2) is 5.96 Å². The molecule has 0 radical (unpaired) electrons. The molecule has 0 aliphatic heterocycles. The van der Waals surface area contributed by atoms with Gasteiger partial charge in [0, 0.05) is 39.4 Å². The molecule has 1 fully saturated rings. The first kappa shape index (κ1) is 15.7. The van der Waals surface area contributed by atoms with Crippen LogP contribution in [0.5, 0.6) is 0 Å². The Morgan fingerprint density at radius 3 is 2.48 bits per heavy atom. The lowest BCUT2D eigenvalue weighted by Gasteiger charge is -2.13. The smallest absolute Gasteiger partial charge is 0.191 e. The lowest BCUT2D eigenvalue weighted by Crippen LogP contribution is -2.38. The van der Waals surface area contributed by atoms with Crippen molar-refractivity contribution >= 4 is 11.6 Å². The Hall–Kier alpha value is -1.71. The Morgan fingerprint density at radius 2 is 1.90 bits per heavy atom. The third-order valence-electron chi connectivity index (χ3n) is 3.71. The van der Waals surface area contributed by atoms with Gasteiger partial charge in [-0.3, -0.25) is 4.99 Å². The molecule has 1 aromatic carbocycles. The number of nitrogens with one attached hydrogen (secondary N) is 2. The van der Waals surface area contributed by atoms with Crippen molar-refractivity contribution < 1.29 is 0 Å². The van der Waals surface area contributed by atoms with Crippen molar-refractivity contribution in [3.8, 4) is 0 Å². The second kappa shape index (κ2) is 7.91. The quantitative estimate of drug-likeness (QED) is 0.597. The van der Waals surface area contributed by atoms with Crippen molar-refractivity contribution in [2.75, 3.05) is 38.6 Å². The fourth-order valence-electron chi connectivity index (χ4n) is 2.15. The van der Waals surface area contributed by atoms with Gasteiger partial charge in [-0.05, 0) is 49.8 Å². The summed E-state index contributed by atoms with van der Waals surface area (Å²) in [7, 11) is 4.13. The topological polar surface area (TPSA) is 39.7 Å². The summed E-state index contributed by atoms with van der Waals surface area (Å²) >= 11 is 0. The van der Waals surface area contributed by atoms with Crippen molar-refractivity contribution in [2.45, 2.75) is 26.2 Å². The average Bonchev–Trinajstić information content (AvgIpc) is 3.29. The molecule has 0 atom stereocenters. The second-order valence-electron chi connectivity index (χ2n) is 5.90. The Morgan fingerprint density at radius 1 is 1.19 bits per heavy atom. The van der Waals surface area contributed by atoms with Crippen LogP contribution in [0.15, 0.2) is 29.3 Å². The first-order chi connectivity index (χ1) is 10.2. The van der Waals surface area contributed by atoms with E-state index >= 15 is 0 Å². The van der Waals surface area contributed by atoms with E-state index in [0.717, 1.165) is 37.9 Å². The van der Waals surface area contributed by atoms with Gasteiger partial charge in [-0.2, -0.15) is 0 Å². The SMILES string of the molecule is CCNC(=NCC1CC1)NCCc1ccc(N(C)C)cc1. The molecular formula is C17H28N4. The molecule has 0 bridgehead atoms. The van der Waals surface area contributed by atoms with Crippen LogP contribution in [0, 0.1) is 5.92 Å². The molecule has 0 amide bonds. The molecule has 4 heteroatoms. The van der Waals surface area contributed by atoms with Gasteiger partial charge < -0.3 is 15.5 Å². The van der Waals surface area contributed by atoms with Crippen molar-refractivity contribution in [3.05, 3.63) is 29.8 Å². The molecule has 116 valence electrons. The van der Waals surface area contributed by atoms with Gasteiger partial charge in [0.25, 0.3) is 0 Å². The molecule has 0 saturated heterocycles. The van der Waals surface area contributed by atoms with Gasteiger partial charge in [0.1, 0.15) is 0 Å². The molecule has 2 rings (SSSR count). The van der Waals surface area contributed by atoms with Crippen LogP contribution in [-0.2, 0) is 6.42 Å². The van der Waals surface area contributed by atoms with Crippen LogP contribution in [0.1, 0.15) is 25.3 Å². The highest BCUT2D eigenvalue weighted by molar-refractivity contribution is 5.79. The number of hydrogen-bond donors (Lipinski definition) is 2. The predicted octanol–water partition coefficient (Wildman–Crippen LogP) is 2.26. The Bertz CT molecular complexity index is 446. The molecule has 0 aromatic heterocycles. The molecule has 1 aliphatic carbocycles. The zero-order valence-corrected chi connectivity index (χ0v) is 13.5. The highest BCUT2D eigenvalue weighted by Gasteiger charge is 2.20. The lowest BCUT2D eigenvalue weighted by molar-refractivity contribution is 0.777. The number of nitrogens with zero attached hydrogens (tertiary/aromatic N) is 2. The van der Waals surface area contributed by atoms with E-state index in [0.29, 0.717) is 0 Å². The second-order valence-corrected chi connectivity index (χ2v) is 5.90. The molecule has 1 saturated carbocycles. The number of benzene rings is 1. The third kappa shape index (κ3) is 5.66. The van der Waals surface area contributed by atoms with E-state index in [2.05, 4.69) is 65.8 Å². The normalized spacial score (nSPS) is 14.9. The molecule has 2 N–H and O–H groups in total. The van der Waals surface area contributed by atoms with E-state index in [4.69, 9.17) is 0 Å². The summed E-state index contributed by atoms with van der Waals surface area (Å²) in [5.74, 6) is 1.79. The van der Waals surface area contributed by atoms with Crippen LogP contribution in [0.4, 0.5) is 5.69 Å². The molecule has 1 aromatic rings. The van der Waals surface area contributed by atoms with Crippen LogP contribution < -0.4 is 15.5 Å². The van der Waals surface area contributed by atoms with Crippen LogP contribution >= 0.6 is 0 Å². The fraction of sp³-hybridized carbons (Fsp3) is 0.588. The zero-order valence-electron chi connectivity index (χ0n) is 13.5. The standard InChI is InChI=1S/C17H28N4/c1-4-18-17(20-13-15-5-6-15)19-12-11-14-7-9-16(10-8-14)21(2)3/h7-10,15H,4-6,11-13H2,1-3H3,(H2,18,19,20). The van der Waals surface area contributed by atoms with E-state index in [1.54, 1.807) is 0 Å². The van der Waals surface area contributed by atoms with Crippen molar-refractivity contribution in [1.29, 1.82) is 0 Å². The molecule has 0 unspecified atom stereocenters. The van der Waals surface area contributed by atoms with E-state index in [1.807, 2.05) is 0 Å². The van der Waals surface area contributed by atoms with Gasteiger partial charge in [-0.25, -0.2) is 0 Å². The first-order valence-electron chi connectivity index (χ1n) is 7.97. The van der Waals surface area contributed by atoms with E-state index in [-0.39, 0.29) is 0 Å². The Balaban J connectivity index is 1.76. The number of hydrogen-bond acceptors (Lipinski definition) is 2. The fourth-order valence-corrected chi connectivity index (χ4v) is 2.15. The lowest BCUT2D eigenvalue weighted by atomic mass is 10.1. The molecule has 0 heterocycles. The summed E-state index contributed by atoms with van der Waals surface area (Å²) in [5, 5.41) is 6.73. The summed E-state index contributed by atoms with van der Waals surface area (Å²) in [6.07, 6.45) is 3.71. The van der Waals surface area contributed by atoms with Gasteiger partial charge in [-0.1, -0.05) is 12.1 Å². The third-order valence-corrected chi connectivity index (χ3v) is 3.71. The maximum absolute atomic E-state index is 4.63. The van der Waals surface area contributed by atoms with Crippen LogP contribution in [0.25, 0.3) is 0 Å². The van der Waals surface area contributed by atoms with Crippen LogP contribution in [0.3, 0.4) is 0 Å². The summed E-state index contributed by atoms with van der Waals surface area (Å²) in [5.41, 5.74) is 2.59. The van der Waals surface area contributed by atoms with Crippen LogP contribution in [0.2, 0.25) is 0 Å². The zero-order chi connectivity index (χ0) is 15.1. The van der Waals surface area contributed by atoms with E-state index in [9.17, 15) is 0 Å². The molecule has 21 heavy (non-hydrogen) atoms. The molecular weight excluding hydrogens is 260 g/mol. The Labute approximate surface area is 128 Å². The van der Waals surface area contributed by atoms with Gasteiger partial charge >= 0.3 is 0 Å². The summed E-state index contributed by atoms with van der Waals surface area (Å²) in [6, 6.07) is 8.74. The average molecular weight is 288 g/mol. The van der Waals surface area contributed by atoms with E-state index in [1.165, 1.54) is 24.1 Å². The van der Waals surface area contributed by atoms with Crippen molar-refractivity contribution in [2.24, 2.45) is 10.9 Å². The number of guanidine groups is 1. The van der Waals surface area contributed by atoms with Gasteiger partial charge in [-0.15, -0.1) is 0 Å². The minimum absolute atomic E-state index is 0.832. The highest BCUT2D eigenvalue weighted by Crippen LogP contribution is 2.28. The molecule has 4 nitrogen and oxygen atoms in total. The summed E-state index contributed by atoms with van der Waals surface area (Å²) < 4.78 is 0. The van der Waals surface area contributed by atoms with Crippen molar-refractivity contribution in [1.82, 2.24) is 10.6 Å². The molecule has 1 aliphatic rings. The van der Waals surface area contributed by atoms with Gasteiger partial charge in [0.05, 0.1) is 0 Å². The summed E-state index contributed by atoms with van der Waals surface area (Å²) in [4.78, 5) is 6.75. The maximum Gasteiger partial charge on any atom is 0.191 e. The van der Waals surface area contributed by atoms with Crippen molar-refractivity contribution in [3.63, 3.8) is 0 Å². The number of anilines is 1. The first-order valence-corrected chi connectivity index (χ1v) is 7.97. The van der Waals surface area contributed by atoms with E-state index < -0.39 is 0 Å². The monoisotopic (exact) mass is 288 g/mol. The molecule has 0 spiro atoms. The number of rotatable bonds is 7. The maximum atomic E-state index is 4.63. The Kier molecular flexibility index (Phi) is 5.90. The minimum Gasteiger partial charge on any atom is -0.378 e.